The van der Waals surface area contributed by atoms with Crippen LogP contribution in [0.2, 0.25) is 0 Å². The summed E-state index contributed by atoms with van der Waals surface area (Å²) in [6.45, 7) is 7.27. The second-order valence-corrected chi connectivity index (χ2v) is 5.14. The molecule has 0 aromatic carbocycles. The highest BCUT2D eigenvalue weighted by Gasteiger charge is 2.49. The fourth-order valence-electron chi connectivity index (χ4n) is 2.76. The SMILES string of the molecule is CC(C)CC1CNCCC12CC2. The van der Waals surface area contributed by atoms with Crippen LogP contribution in [0.1, 0.15) is 39.5 Å². The van der Waals surface area contributed by atoms with E-state index in [9.17, 15) is 0 Å². The lowest BCUT2D eigenvalue weighted by molar-refractivity contribution is 0.198. The zero-order valence-electron chi connectivity index (χ0n) is 8.40. The standard InChI is InChI=1S/C11H21N/c1-9(2)7-10-8-12-6-5-11(10)3-4-11/h9-10,12H,3-8H2,1-2H3. The van der Waals surface area contributed by atoms with E-state index in [2.05, 4.69) is 19.2 Å². The molecule has 1 unspecified atom stereocenters. The van der Waals surface area contributed by atoms with Gasteiger partial charge in [0.1, 0.15) is 0 Å². The summed E-state index contributed by atoms with van der Waals surface area (Å²) in [6.07, 6.45) is 5.93. The first kappa shape index (κ1) is 8.55. The Kier molecular flexibility index (Phi) is 2.16. The molecule has 1 spiro atoms. The van der Waals surface area contributed by atoms with Crippen molar-refractivity contribution < 1.29 is 0 Å². The molecule has 1 saturated heterocycles. The number of hydrogen-bond acceptors (Lipinski definition) is 1. The normalized spacial score (nSPS) is 32.8. The van der Waals surface area contributed by atoms with E-state index in [0.717, 1.165) is 17.3 Å². The van der Waals surface area contributed by atoms with Crippen molar-refractivity contribution in [3.05, 3.63) is 0 Å². The molecular weight excluding hydrogens is 146 g/mol. The molecular formula is C11H21N. The van der Waals surface area contributed by atoms with E-state index in [1.807, 2.05) is 0 Å². The molecule has 2 aliphatic rings. The van der Waals surface area contributed by atoms with Gasteiger partial charge in [-0.05, 0) is 56.0 Å². The molecule has 70 valence electrons. The third kappa shape index (κ3) is 1.52. The molecule has 1 heteroatoms. The Hall–Kier alpha value is -0.0400. The summed E-state index contributed by atoms with van der Waals surface area (Å²) in [5.74, 6) is 1.87. The van der Waals surface area contributed by atoms with Gasteiger partial charge < -0.3 is 5.32 Å². The Balaban J connectivity index is 1.93. The van der Waals surface area contributed by atoms with Crippen molar-refractivity contribution in [1.29, 1.82) is 0 Å². The van der Waals surface area contributed by atoms with Crippen LogP contribution in [0.4, 0.5) is 0 Å². The summed E-state index contributed by atoms with van der Waals surface area (Å²) >= 11 is 0. The number of rotatable bonds is 2. The summed E-state index contributed by atoms with van der Waals surface area (Å²) in [5, 5.41) is 3.54. The minimum absolute atomic E-state index is 0.815. The maximum Gasteiger partial charge on any atom is -0.00151 e. The Morgan fingerprint density at radius 3 is 2.67 bits per heavy atom. The molecule has 1 aliphatic carbocycles. The van der Waals surface area contributed by atoms with Gasteiger partial charge in [0.25, 0.3) is 0 Å². The lowest BCUT2D eigenvalue weighted by atomic mass is 9.78. The first-order valence-corrected chi connectivity index (χ1v) is 5.44. The van der Waals surface area contributed by atoms with Crippen LogP contribution in [0.15, 0.2) is 0 Å². The molecule has 2 fully saturated rings. The lowest BCUT2D eigenvalue weighted by Gasteiger charge is -2.33. The third-order valence-corrected chi connectivity index (χ3v) is 3.70. The monoisotopic (exact) mass is 167 g/mol. The second-order valence-electron chi connectivity index (χ2n) is 5.14. The predicted octanol–water partition coefficient (Wildman–Crippen LogP) is 2.42. The molecule has 0 amide bonds. The van der Waals surface area contributed by atoms with E-state index in [-0.39, 0.29) is 0 Å². The van der Waals surface area contributed by atoms with Crippen LogP contribution in [-0.2, 0) is 0 Å². The Morgan fingerprint density at radius 2 is 2.08 bits per heavy atom. The van der Waals surface area contributed by atoms with E-state index < -0.39 is 0 Å². The van der Waals surface area contributed by atoms with Gasteiger partial charge in [-0.1, -0.05) is 13.8 Å². The van der Waals surface area contributed by atoms with Gasteiger partial charge in [0.05, 0.1) is 0 Å². The quantitative estimate of drug-likeness (QED) is 0.666. The Labute approximate surface area is 75.9 Å². The fraction of sp³-hybridized carbons (Fsp3) is 1.00. The van der Waals surface area contributed by atoms with Crippen LogP contribution in [0.25, 0.3) is 0 Å². The predicted molar refractivity (Wildman–Crippen MR) is 52.1 cm³/mol. The molecule has 1 aliphatic heterocycles. The lowest BCUT2D eigenvalue weighted by Crippen LogP contribution is -2.38. The zero-order chi connectivity index (χ0) is 8.60. The molecule has 1 heterocycles. The molecule has 1 N–H and O–H groups in total. The largest absolute Gasteiger partial charge is 0.316 e. The van der Waals surface area contributed by atoms with E-state index in [1.165, 1.54) is 38.8 Å². The summed E-state index contributed by atoms with van der Waals surface area (Å²) in [7, 11) is 0. The van der Waals surface area contributed by atoms with Crippen molar-refractivity contribution in [3.63, 3.8) is 0 Å². The highest BCUT2D eigenvalue weighted by atomic mass is 14.9. The number of hydrogen-bond donors (Lipinski definition) is 1. The van der Waals surface area contributed by atoms with Crippen LogP contribution < -0.4 is 5.32 Å². The van der Waals surface area contributed by atoms with Crippen molar-refractivity contribution in [2.75, 3.05) is 13.1 Å². The van der Waals surface area contributed by atoms with Crippen LogP contribution >= 0.6 is 0 Å². The average molecular weight is 167 g/mol. The van der Waals surface area contributed by atoms with Gasteiger partial charge in [-0.15, -0.1) is 0 Å². The molecule has 2 rings (SSSR count). The first-order valence-electron chi connectivity index (χ1n) is 5.44. The van der Waals surface area contributed by atoms with Gasteiger partial charge in [0.15, 0.2) is 0 Å². The summed E-state index contributed by atoms with van der Waals surface area (Å²) < 4.78 is 0. The molecule has 0 bridgehead atoms. The van der Waals surface area contributed by atoms with Crippen LogP contribution in [0, 0.1) is 17.3 Å². The third-order valence-electron chi connectivity index (χ3n) is 3.70. The highest BCUT2D eigenvalue weighted by Crippen LogP contribution is 2.57. The van der Waals surface area contributed by atoms with Gasteiger partial charge >= 0.3 is 0 Å². The van der Waals surface area contributed by atoms with Crippen LogP contribution in [0.5, 0.6) is 0 Å². The molecule has 1 atom stereocenters. The van der Waals surface area contributed by atoms with Gasteiger partial charge in [-0.3, -0.25) is 0 Å². The maximum atomic E-state index is 3.54. The minimum Gasteiger partial charge on any atom is -0.316 e. The van der Waals surface area contributed by atoms with Crippen molar-refractivity contribution >= 4 is 0 Å². The van der Waals surface area contributed by atoms with E-state index >= 15 is 0 Å². The highest BCUT2D eigenvalue weighted by molar-refractivity contribution is 5.01. The fourth-order valence-corrected chi connectivity index (χ4v) is 2.76. The van der Waals surface area contributed by atoms with E-state index in [0.29, 0.717) is 0 Å². The number of nitrogens with one attached hydrogen (secondary N) is 1. The van der Waals surface area contributed by atoms with E-state index in [4.69, 9.17) is 0 Å². The van der Waals surface area contributed by atoms with Gasteiger partial charge in [0, 0.05) is 0 Å². The molecule has 0 aromatic heterocycles. The van der Waals surface area contributed by atoms with Gasteiger partial charge in [-0.25, -0.2) is 0 Å². The van der Waals surface area contributed by atoms with Gasteiger partial charge in [-0.2, -0.15) is 0 Å². The van der Waals surface area contributed by atoms with Crippen molar-refractivity contribution in [3.8, 4) is 0 Å². The topological polar surface area (TPSA) is 12.0 Å². The maximum absolute atomic E-state index is 3.54. The number of piperidine rings is 1. The molecule has 0 aromatic rings. The summed E-state index contributed by atoms with van der Waals surface area (Å²) in [6, 6.07) is 0. The van der Waals surface area contributed by atoms with Crippen LogP contribution in [-0.4, -0.2) is 13.1 Å². The second kappa shape index (κ2) is 3.02. The van der Waals surface area contributed by atoms with E-state index in [1.54, 1.807) is 0 Å². The molecule has 0 radical (unpaired) electrons. The Bertz CT molecular complexity index is 158. The smallest absolute Gasteiger partial charge is 0.00151 e. The molecule has 1 saturated carbocycles. The van der Waals surface area contributed by atoms with Gasteiger partial charge in [0.2, 0.25) is 0 Å². The Morgan fingerprint density at radius 1 is 1.33 bits per heavy atom. The van der Waals surface area contributed by atoms with Crippen molar-refractivity contribution in [2.24, 2.45) is 17.3 Å². The van der Waals surface area contributed by atoms with Crippen molar-refractivity contribution in [1.82, 2.24) is 5.32 Å². The first-order chi connectivity index (χ1) is 5.73. The van der Waals surface area contributed by atoms with Crippen molar-refractivity contribution in [2.45, 2.75) is 39.5 Å². The van der Waals surface area contributed by atoms with Crippen LogP contribution in [0.3, 0.4) is 0 Å². The summed E-state index contributed by atoms with van der Waals surface area (Å²) in [4.78, 5) is 0. The molecule has 12 heavy (non-hydrogen) atoms. The minimum atomic E-state index is 0.815. The average Bonchev–Trinajstić information content (AvgIpc) is 2.75. The summed E-state index contributed by atoms with van der Waals surface area (Å²) in [5.41, 5.74) is 0.815. The molecule has 1 nitrogen and oxygen atoms in total. The zero-order valence-corrected chi connectivity index (χ0v) is 8.40.